The van der Waals surface area contributed by atoms with Gasteiger partial charge >= 0.3 is 0 Å². The molecule has 0 aliphatic rings. The van der Waals surface area contributed by atoms with E-state index in [1.165, 1.54) is 0 Å². The normalized spacial score (nSPS) is 9.86. The Morgan fingerprint density at radius 1 is 1.36 bits per heavy atom. The average Bonchev–Trinajstić information content (AvgIpc) is 2.20. The summed E-state index contributed by atoms with van der Waals surface area (Å²) in [5.74, 6) is 0.614. The van der Waals surface area contributed by atoms with E-state index in [4.69, 9.17) is 9.47 Å². The van der Waals surface area contributed by atoms with Gasteiger partial charge in [0, 0.05) is 7.11 Å². The number of rotatable bonds is 5. The molecule has 3 nitrogen and oxygen atoms in total. The summed E-state index contributed by atoms with van der Waals surface area (Å²) in [6, 6.07) is 5.51. The number of methoxy groups -OCH3 is 1. The molecule has 0 atom stereocenters. The van der Waals surface area contributed by atoms with E-state index in [0.717, 1.165) is 11.8 Å². The van der Waals surface area contributed by atoms with E-state index in [-0.39, 0.29) is 0 Å². The summed E-state index contributed by atoms with van der Waals surface area (Å²) < 4.78 is 10.2. The molecule has 1 rings (SSSR count). The summed E-state index contributed by atoms with van der Waals surface area (Å²) in [5, 5.41) is 0. The first-order chi connectivity index (χ1) is 6.77. The zero-order valence-corrected chi connectivity index (χ0v) is 8.45. The molecule has 14 heavy (non-hydrogen) atoms. The van der Waals surface area contributed by atoms with Crippen molar-refractivity contribution in [1.82, 2.24) is 0 Å². The molecule has 0 unspecified atom stereocenters. The van der Waals surface area contributed by atoms with Gasteiger partial charge in [-0.2, -0.15) is 0 Å². The number of hydrogen-bond acceptors (Lipinski definition) is 3. The van der Waals surface area contributed by atoms with Gasteiger partial charge in [-0.1, -0.05) is 11.6 Å². The third kappa shape index (κ3) is 2.85. The Labute approximate surface area is 83.6 Å². The highest BCUT2D eigenvalue weighted by Crippen LogP contribution is 2.17. The Morgan fingerprint density at radius 2 is 2.14 bits per heavy atom. The first-order valence-corrected chi connectivity index (χ1v) is 4.45. The molecule has 76 valence electrons. The van der Waals surface area contributed by atoms with Crippen LogP contribution in [-0.4, -0.2) is 26.6 Å². The summed E-state index contributed by atoms with van der Waals surface area (Å²) in [7, 11) is 1.61. The van der Waals surface area contributed by atoms with Gasteiger partial charge in [-0.25, -0.2) is 0 Å². The van der Waals surface area contributed by atoms with E-state index in [1.807, 2.05) is 13.0 Å². The predicted octanol–water partition coefficient (Wildman–Crippen LogP) is 1.83. The van der Waals surface area contributed by atoms with E-state index in [9.17, 15) is 4.79 Å². The number of carbonyl (C=O) groups is 1. The summed E-state index contributed by atoms with van der Waals surface area (Å²) in [4.78, 5) is 10.7. The lowest BCUT2D eigenvalue weighted by molar-refractivity contribution is 0.111. The molecule has 0 saturated carbocycles. The Balaban J connectivity index is 2.70. The second-order valence-corrected chi connectivity index (χ2v) is 3.00. The van der Waals surface area contributed by atoms with Gasteiger partial charge in [0.15, 0.2) is 6.29 Å². The third-order valence-corrected chi connectivity index (χ3v) is 1.84. The van der Waals surface area contributed by atoms with E-state index in [1.54, 1.807) is 19.2 Å². The number of carbonyl (C=O) groups excluding carboxylic acids is 1. The maximum atomic E-state index is 10.7. The molecule has 3 heteroatoms. The molecule has 0 heterocycles. The van der Waals surface area contributed by atoms with Gasteiger partial charge in [0.05, 0.1) is 12.2 Å². The molecule has 1 aromatic rings. The Morgan fingerprint density at radius 3 is 2.79 bits per heavy atom. The highest BCUT2D eigenvalue weighted by atomic mass is 16.5. The molecule has 0 aliphatic carbocycles. The molecule has 0 N–H and O–H groups in total. The minimum absolute atomic E-state index is 0.459. The third-order valence-electron chi connectivity index (χ3n) is 1.84. The van der Waals surface area contributed by atoms with Gasteiger partial charge in [-0.3, -0.25) is 4.79 Å². The van der Waals surface area contributed by atoms with Crippen LogP contribution in [0.4, 0.5) is 0 Å². The van der Waals surface area contributed by atoms with E-state index >= 15 is 0 Å². The largest absolute Gasteiger partial charge is 0.490 e. The molecular weight excluding hydrogens is 180 g/mol. The van der Waals surface area contributed by atoms with Crippen molar-refractivity contribution in [1.29, 1.82) is 0 Å². The number of benzene rings is 1. The van der Waals surface area contributed by atoms with Gasteiger partial charge in [-0.05, 0) is 19.1 Å². The SMILES string of the molecule is COCCOc1ccc(C)cc1C=O. The van der Waals surface area contributed by atoms with Crippen molar-refractivity contribution in [3.05, 3.63) is 29.3 Å². The monoisotopic (exact) mass is 194 g/mol. The lowest BCUT2D eigenvalue weighted by Crippen LogP contribution is -2.05. The minimum atomic E-state index is 0.459. The first-order valence-electron chi connectivity index (χ1n) is 4.45. The van der Waals surface area contributed by atoms with Crippen LogP contribution in [0.1, 0.15) is 15.9 Å². The van der Waals surface area contributed by atoms with Crippen molar-refractivity contribution in [3.8, 4) is 5.75 Å². The van der Waals surface area contributed by atoms with Gasteiger partial charge < -0.3 is 9.47 Å². The van der Waals surface area contributed by atoms with Gasteiger partial charge in [-0.15, -0.1) is 0 Å². The molecule has 0 amide bonds. The van der Waals surface area contributed by atoms with Gasteiger partial charge in [0.1, 0.15) is 12.4 Å². The van der Waals surface area contributed by atoms with Gasteiger partial charge in [0.2, 0.25) is 0 Å². The van der Waals surface area contributed by atoms with E-state index in [0.29, 0.717) is 24.5 Å². The molecule has 0 aliphatic heterocycles. The minimum Gasteiger partial charge on any atom is -0.490 e. The highest BCUT2D eigenvalue weighted by molar-refractivity contribution is 5.79. The number of aryl methyl sites for hydroxylation is 1. The molecule has 0 saturated heterocycles. The predicted molar refractivity (Wildman–Crippen MR) is 53.9 cm³/mol. The van der Waals surface area contributed by atoms with Crippen LogP contribution < -0.4 is 4.74 Å². The maximum Gasteiger partial charge on any atom is 0.153 e. The van der Waals surface area contributed by atoms with Crippen LogP contribution in [-0.2, 0) is 4.74 Å². The van der Waals surface area contributed by atoms with Crippen LogP contribution in [0.3, 0.4) is 0 Å². The lowest BCUT2D eigenvalue weighted by Gasteiger charge is -2.07. The fourth-order valence-electron chi connectivity index (χ4n) is 1.13. The summed E-state index contributed by atoms with van der Waals surface area (Å²) in [5.41, 5.74) is 1.63. The smallest absolute Gasteiger partial charge is 0.153 e. The number of hydrogen-bond donors (Lipinski definition) is 0. The van der Waals surface area contributed by atoms with Crippen molar-refractivity contribution in [2.75, 3.05) is 20.3 Å². The summed E-state index contributed by atoms with van der Waals surface area (Å²) in [6.45, 7) is 2.92. The molecule has 0 bridgehead atoms. The van der Waals surface area contributed by atoms with Crippen molar-refractivity contribution >= 4 is 6.29 Å². The second-order valence-electron chi connectivity index (χ2n) is 3.00. The second kappa shape index (κ2) is 5.40. The molecule has 0 spiro atoms. The van der Waals surface area contributed by atoms with Crippen molar-refractivity contribution < 1.29 is 14.3 Å². The maximum absolute atomic E-state index is 10.7. The number of aldehydes is 1. The van der Waals surface area contributed by atoms with E-state index < -0.39 is 0 Å². The highest BCUT2D eigenvalue weighted by Gasteiger charge is 2.02. The fourth-order valence-corrected chi connectivity index (χ4v) is 1.13. The van der Waals surface area contributed by atoms with Crippen LogP contribution >= 0.6 is 0 Å². The van der Waals surface area contributed by atoms with Crippen LogP contribution in [0.2, 0.25) is 0 Å². The standard InChI is InChI=1S/C11H14O3/c1-9-3-4-11(10(7-9)8-12)14-6-5-13-2/h3-4,7-8H,5-6H2,1-2H3. The molecule has 0 radical (unpaired) electrons. The fraction of sp³-hybridized carbons (Fsp3) is 0.364. The van der Waals surface area contributed by atoms with Crippen LogP contribution in [0.25, 0.3) is 0 Å². The number of ether oxygens (including phenoxy) is 2. The molecule has 0 fully saturated rings. The quantitative estimate of drug-likeness (QED) is 0.530. The Kier molecular flexibility index (Phi) is 4.13. The molecule has 1 aromatic carbocycles. The summed E-state index contributed by atoms with van der Waals surface area (Å²) >= 11 is 0. The summed E-state index contributed by atoms with van der Waals surface area (Å²) in [6.07, 6.45) is 0.801. The zero-order valence-electron chi connectivity index (χ0n) is 8.45. The van der Waals surface area contributed by atoms with Crippen molar-refractivity contribution in [3.63, 3.8) is 0 Å². The van der Waals surface area contributed by atoms with Crippen molar-refractivity contribution in [2.45, 2.75) is 6.92 Å². The molecular formula is C11H14O3. The van der Waals surface area contributed by atoms with E-state index in [2.05, 4.69) is 0 Å². The zero-order chi connectivity index (χ0) is 10.4. The molecule has 0 aromatic heterocycles. The first kappa shape index (κ1) is 10.7. The van der Waals surface area contributed by atoms with Crippen molar-refractivity contribution in [2.24, 2.45) is 0 Å². The lowest BCUT2D eigenvalue weighted by atomic mass is 10.1. The Bertz CT molecular complexity index is 307. The van der Waals surface area contributed by atoms with Crippen LogP contribution in [0.15, 0.2) is 18.2 Å². The topological polar surface area (TPSA) is 35.5 Å². The average molecular weight is 194 g/mol. The Hall–Kier alpha value is -1.35. The van der Waals surface area contributed by atoms with Crippen LogP contribution in [0, 0.1) is 6.92 Å². The van der Waals surface area contributed by atoms with Crippen LogP contribution in [0.5, 0.6) is 5.75 Å². The van der Waals surface area contributed by atoms with Gasteiger partial charge in [0.25, 0.3) is 0 Å².